The largest absolute Gasteiger partial charge is 0.390 e. The predicted octanol–water partition coefficient (Wildman–Crippen LogP) is 2.09. The van der Waals surface area contributed by atoms with Gasteiger partial charge in [-0.2, -0.15) is 0 Å². The molecule has 0 unspecified atom stereocenters. The van der Waals surface area contributed by atoms with E-state index in [1.165, 1.54) is 0 Å². The van der Waals surface area contributed by atoms with Crippen LogP contribution in [0.5, 0.6) is 0 Å². The molecule has 2 heteroatoms. The Morgan fingerprint density at radius 3 is 1.25 bits per heavy atom. The minimum atomic E-state index is -0.612. The van der Waals surface area contributed by atoms with Gasteiger partial charge in [-0.1, -0.05) is 13.8 Å². The van der Waals surface area contributed by atoms with Crippen molar-refractivity contribution in [3.63, 3.8) is 0 Å². The lowest BCUT2D eigenvalue weighted by atomic mass is 9.89. The Balaban J connectivity index is 3.82. The smallest absolute Gasteiger partial charge is 0.0618 e. The van der Waals surface area contributed by atoms with E-state index in [-0.39, 0.29) is 0 Å². The third-order valence-electron chi connectivity index (χ3n) is 2.73. The highest BCUT2D eigenvalue weighted by molar-refractivity contribution is 4.77. The highest BCUT2D eigenvalue weighted by Crippen LogP contribution is 2.23. The minimum Gasteiger partial charge on any atom is -0.390 e. The van der Waals surface area contributed by atoms with Crippen molar-refractivity contribution in [2.24, 2.45) is 0 Å². The van der Waals surface area contributed by atoms with Crippen molar-refractivity contribution in [1.29, 1.82) is 0 Å². The molecule has 0 saturated carbocycles. The fourth-order valence-electron chi connectivity index (χ4n) is 0.892. The first-order valence-corrected chi connectivity index (χ1v) is 4.78. The van der Waals surface area contributed by atoms with Crippen molar-refractivity contribution < 1.29 is 10.2 Å². The molecule has 0 rings (SSSR count). The van der Waals surface area contributed by atoms with Gasteiger partial charge in [-0.3, -0.25) is 0 Å². The van der Waals surface area contributed by atoms with E-state index in [9.17, 15) is 10.2 Å². The van der Waals surface area contributed by atoms with Gasteiger partial charge in [0.1, 0.15) is 0 Å². The summed E-state index contributed by atoms with van der Waals surface area (Å²) < 4.78 is 0. The molecule has 0 aliphatic heterocycles. The first kappa shape index (κ1) is 11.9. The zero-order valence-electron chi connectivity index (χ0n) is 8.72. The lowest BCUT2D eigenvalue weighted by Gasteiger charge is -2.27. The average molecular weight is 174 g/mol. The van der Waals surface area contributed by atoms with Gasteiger partial charge in [0.25, 0.3) is 0 Å². The second-order valence-corrected chi connectivity index (χ2v) is 4.20. The minimum absolute atomic E-state index is 0.612. The average Bonchev–Trinajstić information content (AvgIpc) is 2.02. The van der Waals surface area contributed by atoms with Crippen molar-refractivity contribution in [2.75, 3.05) is 0 Å². The molecule has 0 amide bonds. The topological polar surface area (TPSA) is 40.5 Å². The molecular weight excluding hydrogens is 152 g/mol. The van der Waals surface area contributed by atoms with E-state index in [0.29, 0.717) is 12.8 Å². The van der Waals surface area contributed by atoms with Crippen LogP contribution < -0.4 is 0 Å². The monoisotopic (exact) mass is 174 g/mol. The standard InChI is InChI=1S/C10H22O2/c1-5-9(3,11)7-8-10(4,12)6-2/h11-12H,5-8H2,1-4H3/t9-,10-/m0/s1. The van der Waals surface area contributed by atoms with Gasteiger partial charge in [-0.05, 0) is 39.5 Å². The third-order valence-corrected chi connectivity index (χ3v) is 2.73. The summed E-state index contributed by atoms with van der Waals surface area (Å²) in [5.41, 5.74) is -1.22. The second kappa shape index (κ2) is 4.24. The van der Waals surface area contributed by atoms with Gasteiger partial charge in [0.05, 0.1) is 11.2 Å². The first-order chi connectivity index (χ1) is 5.33. The number of hydrogen-bond acceptors (Lipinski definition) is 2. The maximum atomic E-state index is 9.67. The summed E-state index contributed by atoms with van der Waals surface area (Å²) in [7, 11) is 0. The van der Waals surface area contributed by atoms with Crippen LogP contribution in [-0.2, 0) is 0 Å². The van der Waals surface area contributed by atoms with Crippen LogP contribution in [0.3, 0.4) is 0 Å². The molecule has 0 heterocycles. The highest BCUT2D eigenvalue weighted by atomic mass is 16.3. The van der Waals surface area contributed by atoms with Crippen LogP contribution in [0.25, 0.3) is 0 Å². The van der Waals surface area contributed by atoms with Gasteiger partial charge in [-0.25, -0.2) is 0 Å². The van der Waals surface area contributed by atoms with Crippen LogP contribution in [0.15, 0.2) is 0 Å². The lowest BCUT2D eigenvalue weighted by Crippen LogP contribution is -2.30. The number of rotatable bonds is 5. The molecular formula is C10H22O2. The van der Waals surface area contributed by atoms with Crippen LogP contribution in [-0.4, -0.2) is 21.4 Å². The quantitative estimate of drug-likeness (QED) is 0.670. The fourth-order valence-corrected chi connectivity index (χ4v) is 0.892. The molecule has 0 fully saturated rings. The van der Waals surface area contributed by atoms with Crippen molar-refractivity contribution in [3.05, 3.63) is 0 Å². The molecule has 0 aromatic heterocycles. The maximum absolute atomic E-state index is 9.67. The zero-order valence-corrected chi connectivity index (χ0v) is 8.72. The van der Waals surface area contributed by atoms with Gasteiger partial charge in [0.2, 0.25) is 0 Å². The summed E-state index contributed by atoms with van der Waals surface area (Å²) in [5, 5.41) is 19.3. The molecule has 12 heavy (non-hydrogen) atoms. The summed E-state index contributed by atoms with van der Waals surface area (Å²) in [6.07, 6.45) is 2.83. The number of hydrogen-bond donors (Lipinski definition) is 2. The van der Waals surface area contributed by atoms with Gasteiger partial charge >= 0.3 is 0 Å². The Labute approximate surface area is 75.6 Å². The molecule has 0 aliphatic rings. The van der Waals surface area contributed by atoms with Crippen LogP contribution in [0.2, 0.25) is 0 Å². The zero-order chi connectivity index (χ0) is 9.83. The van der Waals surface area contributed by atoms with E-state index in [4.69, 9.17) is 0 Å². The lowest BCUT2D eigenvalue weighted by molar-refractivity contribution is -0.00613. The van der Waals surface area contributed by atoms with E-state index < -0.39 is 11.2 Å². The summed E-state index contributed by atoms with van der Waals surface area (Å²) in [6, 6.07) is 0. The van der Waals surface area contributed by atoms with E-state index in [1.807, 2.05) is 27.7 Å². The van der Waals surface area contributed by atoms with Crippen LogP contribution in [0, 0.1) is 0 Å². The van der Waals surface area contributed by atoms with Crippen molar-refractivity contribution >= 4 is 0 Å². The van der Waals surface area contributed by atoms with Crippen LogP contribution >= 0.6 is 0 Å². The molecule has 74 valence electrons. The van der Waals surface area contributed by atoms with Gasteiger partial charge in [0, 0.05) is 0 Å². The predicted molar refractivity (Wildman–Crippen MR) is 51.1 cm³/mol. The molecule has 0 saturated heterocycles. The van der Waals surface area contributed by atoms with Gasteiger partial charge in [-0.15, -0.1) is 0 Å². The van der Waals surface area contributed by atoms with E-state index in [1.54, 1.807) is 0 Å². The van der Waals surface area contributed by atoms with E-state index in [0.717, 1.165) is 12.8 Å². The molecule has 0 aliphatic carbocycles. The Morgan fingerprint density at radius 1 is 0.833 bits per heavy atom. The normalized spacial score (nSPS) is 21.5. The maximum Gasteiger partial charge on any atom is 0.0618 e. The van der Waals surface area contributed by atoms with E-state index >= 15 is 0 Å². The number of aliphatic hydroxyl groups is 2. The SMILES string of the molecule is CC[C@](C)(O)CC[C@@](C)(O)CC. The summed E-state index contributed by atoms with van der Waals surface area (Å²) >= 11 is 0. The van der Waals surface area contributed by atoms with Crippen molar-refractivity contribution in [3.8, 4) is 0 Å². The molecule has 0 radical (unpaired) electrons. The first-order valence-electron chi connectivity index (χ1n) is 4.78. The summed E-state index contributed by atoms with van der Waals surface area (Å²) in [6.45, 7) is 7.55. The molecule has 0 aromatic carbocycles. The highest BCUT2D eigenvalue weighted by Gasteiger charge is 2.24. The van der Waals surface area contributed by atoms with Crippen LogP contribution in [0.4, 0.5) is 0 Å². The summed E-state index contributed by atoms with van der Waals surface area (Å²) in [4.78, 5) is 0. The Hall–Kier alpha value is -0.0800. The van der Waals surface area contributed by atoms with Crippen molar-refractivity contribution in [1.82, 2.24) is 0 Å². The Morgan fingerprint density at radius 2 is 1.08 bits per heavy atom. The van der Waals surface area contributed by atoms with Crippen molar-refractivity contribution in [2.45, 2.75) is 64.6 Å². The molecule has 0 bridgehead atoms. The van der Waals surface area contributed by atoms with Gasteiger partial charge in [0.15, 0.2) is 0 Å². The van der Waals surface area contributed by atoms with Crippen LogP contribution in [0.1, 0.15) is 53.4 Å². The molecule has 2 atom stereocenters. The molecule has 2 N–H and O–H groups in total. The second-order valence-electron chi connectivity index (χ2n) is 4.20. The summed E-state index contributed by atoms with van der Waals surface area (Å²) in [5.74, 6) is 0. The third kappa shape index (κ3) is 4.73. The Bertz CT molecular complexity index is 112. The molecule has 2 nitrogen and oxygen atoms in total. The molecule has 0 spiro atoms. The van der Waals surface area contributed by atoms with E-state index in [2.05, 4.69) is 0 Å². The fraction of sp³-hybridized carbons (Fsp3) is 1.00. The Kier molecular flexibility index (Phi) is 4.21. The van der Waals surface area contributed by atoms with Gasteiger partial charge < -0.3 is 10.2 Å². The molecule has 0 aromatic rings.